The van der Waals surface area contributed by atoms with Gasteiger partial charge in [0.1, 0.15) is 5.82 Å². The molecule has 0 saturated carbocycles. The maximum atomic E-state index is 12.3. The molecule has 4 nitrogen and oxygen atoms in total. The molecule has 0 saturated heterocycles. The van der Waals surface area contributed by atoms with Crippen LogP contribution in [0.2, 0.25) is 0 Å². The minimum absolute atomic E-state index is 0.0281. The lowest BCUT2D eigenvalue weighted by atomic mass is 9.86. The molecule has 0 spiro atoms. The number of rotatable bonds is 2. The van der Waals surface area contributed by atoms with E-state index in [2.05, 4.69) is 29.0 Å². The number of para-hydroxylation sites is 1. The normalized spacial score (nSPS) is 17.9. The zero-order chi connectivity index (χ0) is 16.7. The van der Waals surface area contributed by atoms with Gasteiger partial charge < -0.3 is 0 Å². The Bertz CT molecular complexity index is 908. The zero-order valence-electron chi connectivity index (χ0n) is 14.2. The summed E-state index contributed by atoms with van der Waals surface area (Å²) in [6.07, 6.45) is 5.61. The summed E-state index contributed by atoms with van der Waals surface area (Å²) in [5.41, 5.74) is 6.31. The number of hydrogen-bond donors (Lipinski definition) is 0. The third-order valence-electron chi connectivity index (χ3n) is 5.04. The number of allylic oxidation sites excluding steroid dienone is 1. The summed E-state index contributed by atoms with van der Waals surface area (Å²) in [5, 5.41) is 1.10. The van der Waals surface area contributed by atoms with Crippen LogP contribution in [0.4, 0.5) is 0 Å². The lowest BCUT2D eigenvalue weighted by Gasteiger charge is -2.23. The van der Waals surface area contributed by atoms with Crippen molar-refractivity contribution in [2.24, 2.45) is 4.99 Å². The predicted octanol–water partition coefficient (Wildman–Crippen LogP) is 4.03. The van der Waals surface area contributed by atoms with Gasteiger partial charge in [0.2, 0.25) is 0 Å². The Kier molecular flexibility index (Phi) is 3.75. The van der Waals surface area contributed by atoms with Gasteiger partial charge in [-0.2, -0.15) is 0 Å². The van der Waals surface area contributed by atoms with Crippen LogP contribution >= 0.6 is 0 Å². The molecule has 2 heterocycles. The smallest absolute Gasteiger partial charge is 0.267 e. The molecule has 0 atom stereocenters. The van der Waals surface area contributed by atoms with Crippen molar-refractivity contribution in [2.45, 2.75) is 52.4 Å². The molecule has 0 fully saturated rings. The Morgan fingerprint density at radius 2 is 1.92 bits per heavy atom. The molecule has 1 aromatic heterocycles. The molecule has 0 unspecified atom stereocenters. The molecule has 1 amide bonds. The van der Waals surface area contributed by atoms with Gasteiger partial charge in [-0.05, 0) is 45.1 Å². The molecule has 1 aliphatic heterocycles. The molecule has 2 aliphatic rings. The molecule has 2 aromatic rings. The van der Waals surface area contributed by atoms with Gasteiger partial charge in [0, 0.05) is 35.2 Å². The SMILES string of the molecule is Cc1nc(CC2=NC(=O)C3=C(CCCC3)C2)nc2c(C)cccc12. The van der Waals surface area contributed by atoms with Gasteiger partial charge in [-0.15, -0.1) is 0 Å². The lowest BCUT2D eigenvalue weighted by molar-refractivity contribution is -0.114. The van der Waals surface area contributed by atoms with Gasteiger partial charge >= 0.3 is 0 Å². The molecule has 4 heteroatoms. The Balaban J connectivity index is 1.65. The zero-order valence-corrected chi connectivity index (χ0v) is 14.2. The number of aromatic nitrogens is 2. The minimum atomic E-state index is -0.0281. The maximum absolute atomic E-state index is 12.3. The number of carbonyl (C=O) groups is 1. The molecule has 0 radical (unpaired) electrons. The molecular weight excluding hydrogens is 298 g/mol. The summed E-state index contributed by atoms with van der Waals surface area (Å²) in [6, 6.07) is 6.16. The Morgan fingerprint density at radius 1 is 1.08 bits per heavy atom. The predicted molar refractivity (Wildman–Crippen MR) is 95.3 cm³/mol. The van der Waals surface area contributed by atoms with E-state index >= 15 is 0 Å². The Morgan fingerprint density at radius 3 is 2.79 bits per heavy atom. The van der Waals surface area contributed by atoms with Crippen molar-refractivity contribution in [3.05, 3.63) is 46.4 Å². The molecular formula is C20H21N3O. The van der Waals surface area contributed by atoms with Gasteiger partial charge in [0.15, 0.2) is 0 Å². The number of benzene rings is 1. The average molecular weight is 319 g/mol. The van der Waals surface area contributed by atoms with E-state index in [0.29, 0.717) is 6.42 Å². The number of nitrogens with zero attached hydrogens (tertiary/aromatic N) is 3. The van der Waals surface area contributed by atoms with Crippen molar-refractivity contribution in [1.29, 1.82) is 0 Å². The average Bonchev–Trinajstić information content (AvgIpc) is 2.56. The van der Waals surface area contributed by atoms with Crippen LogP contribution in [0.15, 0.2) is 34.3 Å². The first-order valence-electron chi connectivity index (χ1n) is 8.66. The fourth-order valence-corrected chi connectivity index (χ4v) is 3.79. The third-order valence-corrected chi connectivity index (χ3v) is 5.04. The van der Waals surface area contributed by atoms with Gasteiger partial charge in [-0.1, -0.05) is 23.8 Å². The van der Waals surface area contributed by atoms with E-state index in [1.54, 1.807) is 0 Å². The van der Waals surface area contributed by atoms with Crippen molar-refractivity contribution in [2.75, 3.05) is 0 Å². The summed E-state index contributed by atoms with van der Waals surface area (Å²) < 4.78 is 0. The third kappa shape index (κ3) is 2.66. The number of aryl methyl sites for hydroxylation is 2. The van der Waals surface area contributed by atoms with Crippen molar-refractivity contribution >= 4 is 22.5 Å². The largest absolute Gasteiger partial charge is 0.272 e. The summed E-state index contributed by atoms with van der Waals surface area (Å²) >= 11 is 0. The maximum Gasteiger partial charge on any atom is 0.272 e. The summed E-state index contributed by atoms with van der Waals surface area (Å²) in [4.78, 5) is 26.0. The highest BCUT2D eigenvalue weighted by Gasteiger charge is 2.25. The second kappa shape index (κ2) is 5.93. The minimum Gasteiger partial charge on any atom is -0.267 e. The van der Waals surface area contributed by atoms with Crippen LogP contribution in [0, 0.1) is 13.8 Å². The first kappa shape index (κ1) is 15.2. The van der Waals surface area contributed by atoms with Crippen molar-refractivity contribution < 1.29 is 4.79 Å². The van der Waals surface area contributed by atoms with Gasteiger partial charge in [0.25, 0.3) is 5.91 Å². The van der Waals surface area contributed by atoms with Crippen LogP contribution in [-0.2, 0) is 11.2 Å². The van der Waals surface area contributed by atoms with Crippen LogP contribution in [-0.4, -0.2) is 21.6 Å². The number of amides is 1. The number of fused-ring (bicyclic) bond motifs is 1. The standard InChI is InChI=1S/C20H21N3O/c1-12-6-5-9-16-13(2)21-18(23-19(12)16)11-15-10-14-7-3-4-8-17(14)20(24)22-15/h5-6,9H,3-4,7-8,10-11H2,1-2H3. The molecule has 1 aliphatic carbocycles. The van der Waals surface area contributed by atoms with Crippen molar-refractivity contribution in [3.8, 4) is 0 Å². The Labute approximate surface area is 141 Å². The van der Waals surface area contributed by atoms with Crippen LogP contribution in [0.1, 0.15) is 49.2 Å². The van der Waals surface area contributed by atoms with E-state index in [-0.39, 0.29) is 5.91 Å². The van der Waals surface area contributed by atoms with Crippen molar-refractivity contribution in [1.82, 2.24) is 9.97 Å². The summed E-state index contributed by atoms with van der Waals surface area (Å²) in [6.45, 7) is 4.09. The van der Waals surface area contributed by atoms with Crippen LogP contribution in [0.3, 0.4) is 0 Å². The van der Waals surface area contributed by atoms with Crippen molar-refractivity contribution in [3.63, 3.8) is 0 Å². The molecule has 24 heavy (non-hydrogen) atoms. The second-order valence-electron chi connectivity index (χ2n) is 6.82. The lowest BCUT2D eigenvalue weighted by Crippen LogP contribution is -2.20. The fraction of sp³-hybridized carbons (Fsp3) is 0.400. The van der Waals surface area contributed by atoms with Gasteiger partial charge in [-0.3, -0.25) is 4.79 Å². The van der Waals surface area contributed by atoms with E-state index in [4.69, 9.17) is 4.98 Å². The first-order valence-corrected chi connectivity index (χ1v) is 8.66. The first-order chi connectivity index (χ1) is 11.6. The van der Waals surface area contributed by atoms with E-state index in [1.165, 1.54) is 12.0 Å². The van der Waals surface area contributed by atoms with Crippen LogP contribution in [0.25, 0.3) is 10.9 Å². The summed E-state index contributed by atoms with van der Waals surface area (Å²) in [5.74, 6) is 0.736. The fourth-order valence-electron chi connectivity index (χ4n) is 3.79. The number of dihydropyridines is 1. The van der Waals surface area contributed by atoms with E-state index in [0.717, 1.165) is 65.0 Å². The van der Waals surface area contributed by atoms with E-state index < -0.39 is 0 Å². The molecule has 122 valence electrons. The van der Waals surface area contributed by atoms with Crippen LogP contribution in [0.5, 0.6) is 0 Å². The van der Waals surface area contributed by atoms with Gasteiger partial charge in [0.05, 0.1) is 5.52 Å². The number of carbonyl (C=O) groups excluding carboxylic acids is 1. The Hall–Kier alpha value is -2.36. The molecule has 0 N–H and O–H groups in total. The topological polar surface area (TPSA) is 55.2 Å². The molecule has 0 bridgehead atoms. The highest BCUT2D eigenvalue weighted by Crippen LogP contribution is 2.31. The van der Waals surface area contributed by atoms with Gasteiger partial charge in [-0.25, -0.2) is 15.0 Å². The second-order valence-corrected chi connectivity index (χ2v) is 6.82. The highest BCUT2D eigenvalue weighted by atomic mass is 16.1. The number of aliphatic imine (C=N–C) groups is 1. The highest BCUT2D eigenvalue weighted by molar-refractivity contribution is 6.08. The van der Waals surface area contributed by atoms with E-state index in [9.17, 15) is 4.79 Å². The molecule has 4 rings (SSSR count). The monoisotopic (exact) mass is 319 g/mol. The van der Waals surface area contributed by atoms with E-state index in [1.807, 2.05) is 13.0 Å². The van der Waals surface area contributed by atoms with Crippen LogP contribution < -0.4 is 0 Å². The number of hydrogen-bond acceptors (Lipinski definition) is 3. The quantitative estimate of drug-likeness (QED) is 0.839. The summed E-state index contributed by atoms with van der Waals surface area (Å²) in [7, 11) is 0. The molecule has 1 aromatic carbocycles.